The highest BCUT2D eigenvalue weighted by atomic mass is 19.4. The number of nitrogens with zero attached hydrogens (tertiary/aromatic N) is 4. The number of para-hydroxylation sites is 2. The van der Waals surface area contributed by atoms with E-state index < -0.39 is 17.7 Å². The number of hydrogen-bond acceptors (Lipinski definition) is 4. The second kappa shape index (κ2) is 7.31. The molecule has 0 atom stereocenters. The summed E-state index contributed by atoms with van der Waals surface area (Å²) in [4.78, 5) is 23.5. The van der Waals surface area contributed by atoms with E-state index in [4.69, 9.17) is 0 Å². The normalized spacial score (nSPS) is 15.0. The number of rotatable bonds is 2. The summed E-state index contributed by atoms with van der Waals surface area (Å²) in [6.45, 7) is 0.719. The van der Waals surface area contributed by atoms with Crippen molar-refractivity contribution in [3.8, 4) is 0 Å². The summed E-state index contributed by atoms with van der Waals surface area (Å²) in [6, 6.07) is 11.7. The summed E-state index contributed by atoms with van der Waals surface area (Å²) in [6.07, 6.45) is -4.65. The molecule has 1 fully saturated rings. The largest absolute Gasteiger partial charge is 0.437 e. The van der Waals surface area contributed by atoms with E-state index in [0.717, 1.165) is 6.07 Å². The van der Waals surface area contributed by atoms with Gasteiger partial charge in [-0.25, -0.2) is 14.4 Å². The maximum atomic E-state index is 13.6. The van der Waals surface area contributed by atoms with Gasteiger partial charge in [-0.15, -0.1) is 0 Å². The van der Waals surface area contributed by atoms with Crippen LogP contribution in [0.25, 0.3) is 11.0 Å². The van der Waals surface area contributed by atoms with Crippen molar-refractivity contribution in [3.05, 3.63) is 65.6 Å². The summed E-state index contributed by atoms with van der Waals surface area (Å²) in [7, 11) is 0. The van der Waals surface area contributed by atoms with Crippen LogP contribution >= 0.6 is 0 Å². The molecule has 1 aliphatic rings. The van der Waals surface area contributed by atoms with Gasteiger partial charge in [-0.3, -0.25) is 4.79 Å². The maximum absolute atomic E-state index is 13.6. The minimum Gasteiger partial charge on any atom is -0.351 e. The summed E-state index contributed by atoms with van der Waals surface area (Å²) in [5, 5.41) is 0. The minimum absolute atomic E-state index is 0.164. The first-order chi connectivity index (χ1) is 13.8. The van der Waals surface area contributed by atoms with E-state index in [0.29, 0.717) is 5.52 Å². The van der Waals surface area contributed by atoms with Crippen LogP contribution in [0.4, 0.5) is 23.4 Å². The van der Waals surface area contributed by atoms with Crippen LogP contribution in [0.1, 0.15) is 16.1 Å². The molecule has 0 N–H and O–H groups in total. The quantitative estimate of drug-likeness (QED) is 0.611. The first-order valence-electron chi connectivity index (χ1n) is 8.97. The predicted octanol–water partition coefficient (Wildman–Crippen LogP) is 3.75. The van der Waals surface area contributed by atoms with Gasteiger partial charge < -0.3 is 9.80 Å². The SMILES string of the molecule is O=C(c1cccc(F)c1)N1CCN(c2nc3ccccc3nc2C(F)(F)F)CC1. The Morgan fingerprint density at radius 2 is 1.55 bits per heavy atom. The fraction of sp³-hybridized carbons (Fsp3) is 0.250. The van der Waals surface area contributed by atoms with Crippen molar-refractivity contribution >= 4 is 22.8 Å². The zero-order chi connectivity index (χ0) is 20.6. The molecule has 9 heteroatoms. The predicted molar refractivity (Wildman–Crippen MR) is 99.1 cm³/mol. The number of benzene rings is 2. The van der Waals surface area contributed by atoms with Gasteiger partial charge in [-0.2, -0.15) is 13.2 Å². The van der Waals surface area contributed by atoms with Crippen LogP contribution in [-0.2, 0) is 6.18 Å². The molecule has 2 aromatic carbocycles. The van der Waals surface area contributed by atoms with Gasteiger partial charge in [0.15, 0.2) is 11.5 Å². The standard InChI is InChI=1S/C20H16F4N4O/c21-14-5-3-4-13(12-14)19(29)28-10-8-27(9-11-28)18-17(20(22,23)24)25-15-6-1-2-7-16(15)26-18/h1-7,12H,8-11H2. The van der Waals surface area contributed by atoms with Gasteiger partial charge >= 0.3 is 6.18 Å². The lowest BCUT2D eigenvalue weighted by Crippen LogP contribution is -2.49. The van der Waals surface area contributed by atoms with E-state index in [-0.39, 0.29) is 49.0 Å². The molecule has 0 aliphatic carbocycles. The Morgan fingerprint density at radius 1 is 0.897 bits per heavy atom. The van der Waals surface area contributed by atoms with Gasteiger partial charge in [0.05, 0.1) is 11.0 Å². The van der Waals surface area contributed by atoms with Crippen LogP contribution in [0.3, 0.4) is 0 Å². The maximum Gasteiger partial charge on any atom is 0.437 e. The molecule has 2 heterocycles. The second-order valence-electron chi connectivity index (χ2n) is 6.67. The zero-order valence-electron chi connectivity index (χ0n) is 15.2. The molecule has 150 valence electrons. The van der Waals surface area contributed by atoms with Crippen LogP contribution < -0.4 is 4.90 Å². The first kappa shape index (κ1) is 19.1. The van der Waals surface area contributed by atoms with E-state index in [1.54, 1.807) is 18.2 Å². The van der Waals surface area contributed by atoms with Crippen molar-refractivity contribution in [2.45, 2.75) is 6.18 Å². The summed E-state index contributed by atoms with van der Waals surface area (Å²) in [5.74, 6) is -1.12. The highest BCUT2D eigenvalue weighted by Gasteiger charge is 2.39. The fourth-order valence-corrected chi connectivity index (χ4v) is 3.33. The van der Waals surface area contributed by atoms with Gasteiger partial charge in [-0.1, -0.05) is 18.2 Å². The van der Waals surface area contributed by atoms with Crippen molar-refractivity contribution in [1.29, 1.82) is 0 Å². The Labute approximate surface area is 163 Å². The summed E-state index contributed by atoms with van der Waals surface area (Å²) in [5.41, 5.74) is -0.293. The Kier molecular flexibility index (Phi) is 4.81. The smallest absolute Gasteiger partial charge is 0.351 e. The molecule has 0 saturated carbocycles. The van der Waals surface area contributed by atoms with Gasteiger partial charge in [0.25, 0.3) is 5.91 Å². The third-order valence-corrected chi connectivity index (χ3v) is 4.76. The van der Waals surface area contributed by atoms with Crippen molar-refractivity contribution in [2.75, 3.05) is 31.1 Å². The fourth-order valence-electron chi connectivity index (χ4n) is 3.33. The number of halogens is 4. The van der Waals surface area contributed by atoms with E-state index >= 15 is 0 Å². The lowest BCUT2D eigenvalue weighted by molar-refractivity contribution is -0.140. The van der Waals surface area contributed by atoms with Crippen molar-refractivity contribution < 1.29 is 22.4 Å². The Hall–Kier alpha value is -3.23. The minimum atomic E-state index is -4.65. The molecule has 0 spiro atoms. The van der Waals surface area contributed by atoms with Crippen LogP contribution in [-0.4, -0.2) is 47.0 Å². The third kappa shape index (κ3) is 3.85. The molecule has 3 aromatic rings. The van der Waals surface area contributed by atoms with E-state index in [1.807, 2.05) is 0 Å². The number of hydrogen-bond donors (Lipinski definition) is 0. The van der Waals surface area contributed by atoms with E-state index in [9.17, 15) is 22.4 Å². The number of anilines is 1. The molecule has 0 radical (unpaired) electrons. The van der Waals surface area contributed by atoms with Crippen molar-refractivity contribution in [2.24, 2.45) is 0 Å². The topological polar surface area (TPSA) is 49.3 Å². The van der Waals surface area contributed by atoms with Gasteiger partial charge in [0, 0.05) is 31.7 Å². The van der Waals surface area contributed by atoms with E-state index in [1.165, 1.54) is 34.1 Å². The van der Waals surface area contributed by atoms with Crippen molar-refractivity contribution in [3.63, 3.8) is 0 Å². The lowest BCUT2D eigenvalue weighted by atomic mass is 10.1. The lowest BCUT2D eigenvalue weighted by Gasteiger charge is -2.36. The molecule has 0 unspecified atom stereocenters. The van der Waals surface area contributed by atoms with Gasteiger partial charge in [0.1, 0.15) is 5.82 Å². The first-order valence-corrected chi connectivity index (χ1v) is 8.97. The number of aromatic nitrogens is 2. The summed E-state index contributed by atoms with van der Waals surface area (Å²) < 4.78 is 54.1. The Balaban J connectivity index is 1.58. The molecular weight excluding hydrogens is 388 g/mol. The van der Waals surface area contributed by atoms with Crippen LogP contribution in [0.15, 0.2) is 48.5 Å². The van der Waals surface area contributed by atoms with Gasteiger partial charge in [0.2, 0.25) is 0 Å². The van der Waals surface area contributed by atoms with Crippen LogP contribution in [0.2, 0.25) is 0 Å². The molecule has 29 heavy (non-hydrogen) atoms. The number of piperazine rings is 1. The van der Waals surface area contributed by atoms with Crippen molar-refractivity contribution in [1.82, 2.24) is 14.9 Å². The van der Waals surface area contributed by atoms with Crippen LogP contribution in [0.5, 0.6) is 0 Å². The Bertz CT molecular complexity index is 1060. The Morgan fingerprint density at radius 3 is 2.17 bits per heavy atom. The van der Waals surface area contributed by atoms with Gasteiger partial charge in [-0.05, 0) is 30.3 Å². The highest BCUT2D eigenvalue weighted by Crippen LogP contribution is 2.35. The molecule has 1 saturated heterocycles. The number of fused-ring (bicyclic) bond motifs is 1. The molecular formula is C20H16F4N4O. The number of carbonyl (C=O) groups excluding carboxylic acids is 1. The molecule has 1 amide bonds. The zero-order valence-corrected chi connectivity index (χ0v) is 15.2. The third-order valence-electron chi connectivity index (χ3n) is 4.76. The number of alkyl halides is 3. The number of amides is 1. The van der Waals surface area contributed by atoms with Crippen LogP contribution in [0, 0.1) is 5.82 Å². The van der Waals surface area contributed by atoms with E-state index in [2.05, 4.69) is 9.97 Å². The molecule has 5 nitrogen and oxygen atoms in total. The second-order valence-corrected chi connectivity index (χ2v) is 6.67. The average molecular weight is 404 g/mol. The molecule has 4 rings (SSSR count). The number of carbonyl (C=O) groups is 1. The average Bonchev–Trinajstić information content (AvgIpc) is 2.72. The summed E-state index contributed by atoms with van der Waals surface area (Å²) >= 11 is 0. The monoisotopic (exact) mass is 404 g/mol. The molecule has 1 aliphatic heterocycles. The molecule has 1 aromatic heterocycles. The highest BCUT2D eigenvalue weighted by molar-refractivity contribution is 5.94. The molecule has 0 bridgehead atoms.